The Morgan fingerprint density at radius 3 is 2.44 bits per heavy atom. The SMILES string of the molecule is CC[C@@H](C)CN(CC(=O)N1CCc2sccc2[C@H]1COc1ccc(C(C)C)cc1)C(=O)C(C)C. The highest BCUT2D eigenvalue weighted by atomic mass is 32.1. The minimum Gasteiger partial charge on any atom is -0.491 e. The third kappa shape index (κ3) is 6.41. The van der Waals surface area contributed by atoms with Crippen molar-refractivity contribution in [2.45, 2.75) is 66.3 Å². The Labute approximate surface area is 209 Å². The normalized spacial score (nSPS) is 16.5. The molecular weight excluding hydrogens is 444 g/mol. The first-order valence-electron chi connectivity index (χ1n) is 12.6. The van der Waals surface area contributed by atoms with Crippen LogP contribution in [0.2, 0.25) is 0 Å². The molecule has 0 saturated heterocycles. The molecule has 0 aliphatic carbocycles. The lowest BCUT2D eigenvalue weighted by Gasteiger charge is -2.37. The average Bonchev–Trinajstić information content (AvgIpc) is 3.30. The smallest absolute Gasteiger partial charge is 0.242 e. The molecule has 2 amide bonds. The van der Waals surface area contributed by atoms with Crippen molar-refractivity contribution in [1.82, 2.24) is 9.80 Å². The van der Waals surface area contributed by atoms with Crippen molar-refractivity contribution >= 4 is 23.2 Å². The number of ether oxygens (including phenoxy) is 1. The molecule has 5 nitrogen and oxygen atoms in total. The van der Waals surface area contributed by atoms with Gasteiger partial charge in [-0.25, -0.2) is 0 Å². The van der Waals surface area contributed by atoms with Crippen molar-refractivity contribution in [2.75, 3.05) is 26.2 Å². The number of amides is 2. The highest BCUT2D eigenvalue weighted by Crippen LogP contribution is 2.34. The topological polar surface area (TPSA) is 49.9 Å². The van der Waals surface area contributed by atoms with Gasteiger partial charge in [-0.1, -0.05) is 60.1 Å². The van der Waals surface area contributed by atoms with Gasteiger partial charge in [-0.3, -0.25) is 9.59 Å². The van der Waals surface area contributed by atoms with Crippen molar-refractivity contribution in [3.63, 3.8) is 0 Å². The Bertz CT molecular complexity index is 951. The van der Waals surface area contributed by atoms with E-state index in [1.54, 1.807) is 16.2 Å². The predicted molar refractivity (Wildman–Crippen MR) is 139 cm³/mol. The Kier molecular flexibility index (Phi) is 9.17. The quantitative estimate of drug-likeness (QED) is 0.421. The number of rotatable bonds is 10. The fourth-order valence-corrected chi connectivity index (χ4v) is 5.28. The van der Waals surface area contributed by atoms with Crippen LogP contribution in [0, 0.1) is 11.8 Å². The molecule has 0 radical (unpaired) electrons. The molecule has 0 unspecified atom stereocenters. The van der Waals surface area contributed by atoms with Crippen LogP contribution in [0.25, 0.3) is 0 Å². The maximum Gasteiger partial charge on any atom is 0.242 e. The standard InChI is InChI=1S/C28H40N2O3S/c1-7-21(6)16-29(28(32)20(4)5)17-27(31)30-14-12-26-24(13-15-34-26)25(30)18-33-23-10-8-22(9-11-23)19(2)3/h8-11,13,15,19-21,25H,7,12,14,16-18H2,1-6H3/t21-,25-/m1/s1. The van der Waals surface area contributed by atoms with Gasteiger partial charge in [-0.2, -0.15) is 0 Å². The van der Waals surface area contributed by atoms with Gasteiger partial charge in [0.05, 0.1) is 12.6 Å². The molecule has 2 atom stereocenters. The number of fused-ring (bicyclic) bond motifs is 1. The predicted octanol–water partition coefficient (Wildman–Crippen LogP) is 5.91. The average molecular weight is 485 g/mol. The fraction of sp³-hybridized carbons (Fsp3) is 0.571. The molecule has 186 valence electrons. The van der Waals surface area contributed by atoms with Crippen molar-refractivity contribution in [3.05, 3.63) is 51.7 Å². The van der Waals surface area contributed by atoms with E-state index >= 15 is 0 Å². The third-order valence-corrected chi connectivity index (χ3v) is 7.73. The Hall–Kier alpha value is -2.34. The number of thiophene rings is 1. The van der Waals surface area contributed by atoms with Gasteiger partial charge in [-0.05, 0) is 53.0 Å². The number of carbonyl (C=O) groups is 2. The zero-order valence-electron chi connectivity index (χ0n) is 21.5. The second-order valence-electron chi connectivity index (χ2n) is 10.1. The molecule has 0 saturated carbocycles. The Morgan fingerprint density at radius 2 is 1.82 bits per heavy atom. The first kappa shape index (κ1) is 26.3. The monoisotopic (exact) mass is 484 g/mol. The largest absolute Gasteiger partial charge is 0.491 e. The van der Waals surface area contributed by atoms with Crippen LogP contribution in [0.1, 0.15) is 75.9 Å². The molecule has 3 rings (SSSR count). The molecule has 2 aromatic rings. The Morgan fingerprint density at radius 1 is 1.12 bits per heavy atom. The second kappa shape index (κ2) is 11.9. The van der Waals surface area contributed by atoms with Crippen LogP contribution < -0.4 is 4.74 Å². The van der Waals surface area contributed by atoms with Crippen LogP contribution in [-0.4, -0.2) is 47.9 Å². The number of hydrogen-bond donors (Lipinski definition) is 0. The van der Waals surface area contributed by atoms with Gasteiger partial charge in [0.2, 0.25) is 11.8 Å². The van der Waals surface area contributed by atoms with Crippen LogP contribution in [0.15, 0.2) is 35.7 Å². The third-order valence-electron chi connectivity index (χ3n) is 6.73. The maximum atomic E-state index is 13.6. The molecule has 0 bridgehead atoms. The molecule has 1 aliphatic heterocycles. The minimum absolute atomic E-state index is 0.00194. The number of benzene rings is 1. The van der Waals surface area contributed by atoms with E-state index in [0.717, 1.165) is 18.6 Å². The van der Waals surface area contributed by atoms with Gasteiger partial charge in [0.25, 0.3) is 0 Å². The minimum atomic E-state index is -0.146. The fourth-order valence-electron chi connectivity index (χ4n) is 4.36. The van der Waals surface area contributed by atoms with Gasteiger partial charge >= 0.3 is 0 Å². The summed E-state index contributed by atoms with van der Waals surface area (Å²) in [4.78, 5) is 31.4. The summed E-state index contributed by atoms with van der Waals surface area (Å²) in [5.41, 5.74) is 2.45. The molecule has 1 aromatic carbocycles. The van der Waals surface area contributed by atoms with Crippen molar-refractivity contribution in [1.29, 1.82) is 0 Å². The summed E-state index contributed by atoms with van der Waals surface area (Å²) in [6.07, 6.45) is 1.83. The number of hydrogen-bond acceptors (Lipinski definition) is 4. The number of carbonyl (C=O) groups excluding carboxylic acids is 2. The summed E-state index contributed by atoms with van der Waals surface area (Å²) < 4.78 is 6.19. The summed E-state index contributed by atoms with van der Waals surface area (Å²) in [7, 11) is 0. The Balaban J connectivity index is 1.76. The summed E-state index contributed by atoms with van der Waals surface area (Å²) >= 11 is 1.75. The molecule has 6 heteroatoms. The molecule has 0 spiro atoms. The summed E-state index contributed by atoms with van der Waals surface area (Å²) in [6, 6.07) is 10.2. The van der Waals surface area contributed by atoms with Crippen molar-refractivity contribution in [3.8, 4) is 5.75 Å². The van der Waals surface area contributed by atoms with E-state index in [1.807, 2.05) is 30.9 Å². The molecule has 0 N–H and O–H groups in total. The van der Waals surface area contributed by atoms with Gasteiger partial charge < -0.3 is 14.5 Å². The maximum absolute atomic E-state index is 13.6. The highest BCUT2D eigenvalue weighted by Gasteiger charge is 2.34. The second-order valence-corrected chi connectivity index (χ2v) is 11.1. The summed E-state index contributed by atoms with van der Waals surface area (Å²) in [5.74, 6) is 1.55. The van der Waals surface area contributed by atoms with E-state index in [0.29, 0.717) is 31.5 Å². The summed E-state index contributed by atoms with van der Waals surface area (Å²) in [5, 5.41) is 2.10. The number of nitrogens with zero attached hydrogens (tertiary/aromatic N) is 2. The molecule has 2 heterocycles. The van der Waals surface area contributed by atoms with E-state index in [2.05, 4.69) is 51.3 Å². The van der Waals surface area contributed by atoms with E-state index in [4.69, 9.17) is 4.74 Å². The van der Waals surface area contributed by atoms with E-state index in [9.17, 15) is 9.59 Å². The van der Waals surface area contributed by atoms with Crippen molar-refractivity contribution < 1.29 is 14.3 Å². The first-order valence-corrected chi connectivity index (χ1v) is 13.5. The van der Waals surface area contributed by atoms with Crippen LogP contribution in [0.4, 0.5) is 0 Å². The van der Waals surface area contributed by atoms with Gasteiger partial charge in [-0.15, -0.1) is 11.3 Å². The zero-order valence-corrected chi connectivity index (χ0v) is 22.4. The zero-order chi connectivity index (χ0) is 24.8. The lowest BCUT2D eigenvalue weighted by atomic mass is 10.00. The van der Waals surface area contributed by atoms with Gasteiger partial charge in [0.1, 0.15) is 12.4 Å². The molecule has 1 aromatic heterocycles. The van der Waals surface area contributed by atoms with Crippen molar-refractivity contribution in [2.24, 2.45) is 11.8 Å². The van der Waals surface area contributed by atoms with Gasteiger partial charge in [0.15, 0.2) is 0 Å². The van der Waals surface area contributed by atoms with Crippen LogP contribution in [0.3, 0.4) is 0 Å². The molecule has 1 aliphatic rings. The van der Waals surface area contributed by atoms with E-state index in [-0.39, 0.29) is 30.3 Å². The lowest BCUT2D eigenvalue weighted by Crippen LogP contribution is -2.49. The van der Waals surface area contributed by atoms with E-state index < -0.39 is 0 Å². The molecule has 34 heavy (non-hydrogen) atoms. The first-order chi connectivity index (χ1) is 16.2. The van der Waals surface area contributed by atoms with E-state index in [1.165, 1.54) is 16.0 Å². The van der Waals surface area contributed by atoms with Gasteiger partial charge in [0, 0.05) is 23.9 Å². The van der Waals surface area contributed by atoms with Crippen LogP contribution in [0.5, 0.6) is 5.75 Å². The molecule has 0 fully saturated rings. The highest BCUT2D eigenvalue weighted by molar-refractivity contribution is 7.10. The lowest BCUT2D eigenvalue weighted by molar-refractivity contribution is -0.144. The van der Waals surface area contributed by atoms with Crippen LogP contribution >= 0.6 is 11.3 Å². The molecular formula is C28H40N2O3S. The summed E-state index contributed by atoms with van der Waals surface area (Å²) in [6.45, 7) is 14.2. The van der Waals surface area contributed by atoms with Crippen LogP contribution in [-0.2, 0) is 16.0 Å².